The summed E-state index contributed by atoms with van der Waals surface area (Å²) >= 11 is 0. The van der Waals surface area contributed by atoms with Gasteiger partial charge in [0.1, 0.15) is 5.60 Å². The van der Waals surface area contributed by atoms with Gasteiger partial charge in [0.2, 0.25) is 0 Å². The quantitative estimate of drug-likeness (QED) is 0.229. The highest BCUT2D eigenvalue weighted by atomic mass is 31.2. The fourth-order valence-corrected chi connectivity index (χ4v) is 3.10. The zero-order valence-corrected chi connectivity index (χ0v) is 16.1. The number of phosphoric acid groups is 1. The summed E-state index contributed by atoms with van der Waals surface area (Å²) in [6.45, 7) is 1.11. The Balaban J connectivity index is 3.51. The number of rotatable bonds is 17. The fraction of sp³-hybridized carbons (Fsp3) is 1.00. The Bertz CT molecular complexity index is 333. The molecule has 0 spiro atoms. The first-order valence-electron chi connectivity index (χ1n) is 9.36. The van der Waals surface area contributed by atoms with Crippen molar-refractivity contribution in [2.45, 2.75) is 96.0 Å². The molecule has 6 nitrogen and oxygen atoms in total. The number of hydrogen-bond donors (Lipinski definition) is 4. The van der Waals surface area contributed by atoms with Crippen LogP contribution in [0.3, 0.4) is 0 Å². The van der Waals surface area contributed by atoms with E-state index in [1.807, 2.05) is 0 Å². The number of hydrogen-bond acceptors (Lipinski definition) is 4. The SMILES string of the molecule is CCCCCCCCCCCCCCC(O)(CO)COP(=O)(O)O. The van der Waals surface area contributed by atoms with Gasteiger partial charge in [0.25, 0.3) is 0 Å². The van der Waals surface area contributed by atoms with E-state index in [1.165, 1.54) is 57.8 Å². The second-order valence-electron chi connectivity index (χ2n) is 6.79. The van der Waals surface area contributed by atoms with Gasteiger partial charge < -0.3 is 20.0 Å². The number of unbranched alkanes of at least 4 members (excludes halogenated alkanes) is 11. The highest BCUT2D eigenvalue weighted by Gasteiger charge is 2.29. The summed E-state index contributed by atoms with van der Waals surface area (Å²) in [5.74, 6) is 0. The van der Waals surface area contributed by atoms with Crippen LogP contribution < -0.4 is 0 Å². The molecule has 0 fully saturated rings. The molecular weight excluding hydrogens is 331 g/mol. The molecule has 0 aliphatic heterocycles. The van der Waals surface area contributed by atoms with Gasteiger partial charge >= 0.3 is 7.82 Å². The molecule has 0 aliphatic rings. The topological polar surface area (TPSA) is 107 Å². The third-order valence-corrected chi connectivity index (χ3v) is 4.76. The van der Waals surface area contributed by atoms with Crippen molar-refractivity contribution in [1.82, 2.24) is 0 Å². The number of aliphatic hydroxyl groups is 2. The Labute approximate surface area is 146 Å². The Hall–Kier alpha value is 0.0300. The number of aliphatic hydroxyl groups excluding tert-OH is 1. The van der Waals surface area contributed by atoms with E-state index in [9.17, 15) is 14.8 Å². The van der Waals surface area contributed by atoms with E-state index in [0.29, 0.717) is 6.42 Å². The van der Waals surface area contributed by atoms with Gasteiger partial charge in [-0.3, -0.25) is 4.52 Å². The fourth-order valence-electron chi connectivity index (χ4n) is 2.70. The van der Waals surface area contributed by atoms with Gasteiger partial charge in [-0.25, -0.2) is 4.57 Å². The molecular formula is C17H37O6P. The summed E-state index contributed by atoms with van der Waals surface area (Å²) in [6, 6.07) is 0. The first-order chi connectivity index (χ1) is 11.3. The Kier molecular flexibility index (Phi) is 14.2. The lowest BCUT2D eigenvalue weighted by atomic mass is 9.97. The molecule has 1 atom stereocenters. The minimum absolute atomic E-state index is 0.279. The normalized spacial score (nSPS) is 14.7. The van der Waals surface area contributed by atoms with Crippen LogP contribution in [-0.4, -0.2) is 38.8 Å². The summed E-state index contributed by atoms with van der Waals surface area (Å²) in [7, 11) is -4.62. The van der Waals surface area contributed by atoms with Crippen LogP contribution in [0.2, 0.25) is 0 Å². The molecule has 0 amide bonds. The van der Waals surface area contributed by atoms with E-state index < -0.39 is 26.6 Å². The molecule has 0 heterocycles. The van der Waals surface area contributed by atoms with Crippen LogP contribution in [-0.2, 0) is 9.09 Å². The summed E-state index contributed by atoms with van der Waals surface area (Å²) in [5.41, 5.74) is -1.57. The Morgan fingerprint density at radius 3 is 1.62 bits per heavy atom. The van der Waals surface area contributed by atoms with Crippen molar-refractivity contribution >= 4 is 7.82 Å². The van der Waals surface area contributed by atoms with Gasteiger partial charge in [-0.05, 0) is 6.42 Å². The molecule has 1 unspecified atom stereocenters. The van der Waals surface area contributed by atoms with Gasteiger partial charge in [-0.15, -0.1) is 0 Å². The van der Waals surface area contributed by atoms with Crippen molar-refractivity contribution in [1.29, 1.82) is 0 Å². The molecule has 0 bridgehead atoms. The lowest BCUT2D eigenvalue weighted by Crippen LogP contribution is -2.38. The average Bonchev–Trinajstić information content (AvgIpc) is 2.53. The maximum atomic E-state index is 10.6. The minimum atomic E-state index is -4.62. The second-order valence-corrected chi connectivity index (χ2v) is 8.02. The van der Waals surface area contributed by atoms with Crippen LogP contribution in [0.5, 0.6) is 0 Å². The highest BCUT2D eigenvalue weighted by molar-refractivity contribution is 7.46. The molecule has 0 radical (unpaired) electrons. The first-order valence-corrected chi connectivity index (χ1v) is 10.9. The van der Waals surface area contributed by atoms with Crippen molar-refractivity contribution in [3.63, 3.8) is 0 Å². The molecule has 0 aliphatic carbocycles. The predicted molar refractivity (Wildman–Crippen MR) is 95.7 cm³/mol. The molecule has 146 valence electrons. The molecule has 24 heavy (non-hydrogen) atoms. The third kappa shape index (κ3) is 15.6. The third-order valence-electron chi connectivity index (χ3n) is 4.29. The average molecular weight is 368 g/mol. The smallest absolute Gasteiger partial charge is 0.393 e. The van der Waals surface area contributed by atoms with Gasteiger partial charge in [0.15, 0.2) is 0 Å². The number of phosphoric ester groups is 1. The first kappa shape index (κ1) is 24.0. The Morgan fingerprint density at radius 1 is 0.833 bits per heavy atom. The van der Waals surface area contributed by atoms with Gasteiger partial charge in [0.05, 0.1) is 13.2 Å². The highest BCUT2D eigenvalue weighted by Crippen LogP contribution is 2.37. The summed E-state index contributed by atoms with van der Waals surface area (Å²) in [5, 5.41) is 19.2. The summed E-state index contributed by atoms with van der Waals surface area (Å²) in [4.78, 5) is 17.3. The second kappa shape index (κ2) is 14.2. The predicted octanol–water partition coefficient (Wildman–Crippen LogP) is 3.91. The lowest BCUT2D eigenvalue weighted by Gasteiger charge is -2.25. The van der Waals surface area contributed by atoms with Crippen LogP contribution in [0.15, 0.2) is 0 Å². The van der Waals surface area contributed by atoms with Crippen LogP contribution in [0, 0.1) is 0 Å². The van der Waals surface area contributed by atoms with E-state index in [-0.39, 0.29) is 6.42 Å². The minimum Gasteiger partial charge on any atom is -0.393 e. The molecule has 4 N–H and O–H groups in total. The van der Waals surface area contributed by atoms with Gasteiger partial charge in [-0.2, -0.15) is 0 Å². The monoisotopic (exact) mass is 368 g/mol. The molecule has 0 saturated heterocycles. The maximum absolute atomic E-state index is 10.6. The molecule has 0 saturated carbocycles. The molecule has 0 aromatic rings. The summed E-state index contributed by atoms with van der Waals surface area (Å²) in [6.07, 6.45) is 14.7. The van der Waals surface area contributed by atoms with Gasteiger partial charge in [0, 0.05) is 0 Å². The summed E-state index contributed by atoms with van der Waals surface area (Å²) < 4.78 is 14.9. The molecule has 0 aromatic heterocycles. The van der Waals surface area contributed by atoms with Gasteiger partial charge in [-0.1, -0.05) is 84.0 Å². The molecule has 7 heteroatoms. The van der Waals surface area contributed by atoms with Crippen molar-refractivity contribution in [2.24, 2.45) is 0 Å². The van der Waals surface area contributed by atoms with E-state index in [1.54, 1.807) is 0 Å². The maximum Gasteiger partial charge on any atom is 0.469 e. The molecule has 0 aromatic carbocycles. The van der Waals surface area contributed by atoms with Crippen LogP contribution in [0.4, 0.5) is 0 Å². The van der Waals surface area contributed by atoms with E-state index in [2.05, 4.69) is 11.4 Å². The standard InChI is InChI=1S/C17H37O6P/c1-2-3-4-5-6-7-8-9-10-11-12-13-14-17(19,15-18)16-23-24(20,21)22/h18-19H,2-16H2,1H3,(H2,20,21,22). The zero-order valence-electron chi connectivity index (χ0n) is 15.2. The van der Waals surface area contributed by atoms with Crippen molar-refractivity contribution < 1.29 is 29.1 Å². The van der Waals surface area contributed by atoms with Crippen LogP contribution >= 0.6 is 7.82 Å². The zero-order chi connectivity index (χ0) is 18.3. The van der Waals surface area contributed by atoms with E-state index in [4.69, 9.17) is 9.79 Å². The largest absolute Gasteiger partial charge is 0.469 e. The van der Waals surface area contributed by atoms with Crippen LogP contribution in [0.25, 0.3) is 0 Å². The van der Waals surface area contributed by atoms with E-state index in [0.717, 1.165) is 12.8 Å². The van der Waals surface area contributed by atoms with E-state index >= 15 is 0 Å². The van der Waals surface area contributed by atoms with Crippen molar-refractivity contribution in [3.05, 3.63) is 0 Å². The Morgan fingerprint density at radius 2 is 1.25 bits per heavy atom. The van der Waals surface area contributed by atoms with Crippen LogP contribution in [0.1, 0.15) is 90.4 Å². The van der Waals surface area contributed by atoms with Crippen molar-refractivity contribution in [2.75, 3.05) is 13.2 Å². The van der Waals surface area contributed by atoms with Crippen molar-refractivity contribution in [3.8, 4) is 0 Å². The molecule has 0 rings (SSSR count). The lowest BCUT2D eigenvalue weighted by molar-refractivity contribution is -0.0600.